The maximum atomic E-state index is 10.7. The van der Waals surface area contributed by atoms with Gasteiger partial charge in [0.25, 0.3) is 0 Å². The van der Waals surface area contributed by atoms with Crippen molar-refractivity contribution >= 4 is 11.8 Å². The summed E-state index contributed by atoms with van der Waals surface area (Å²) in [6.45, 7) is 9.73. The molecule has 0 radical (unpaired) electrons. The van der Waals surface area contributed by atoms with Crippen molar-refractivity contribution in [2.75, 3.05) is 25.4 Å². The molecule has 7 heteroatoms. The van der Waals surface area contributed by atoms with Crippen LogP contribution in [-0.4, -0.2) is 56.3 Å². The van der Waals surface area contributed by atoms with Crippen LogP contribution in [0.3, 0.4) is 0 Å². The average molecular weight is 467 g/mol. The molecule has 0 aliphatic carbocycles. The van der Waals surface area contributed by atoms with Crippen molar-refractivity contribution < 1.29 is 9.84 Å². The molecule has 1 fully saturated rings. The van der Waals surface area contributed by atoms with Crippen molar-refractivity contribution in [1.29, 1.82) is 0 Å². The van der Waals surface area contributed by atoms with Gasteiger partial charge in [-0.3, -0.25) is 9.47 Å². The normalized spacial score (nSPS) is 15.6. The third-order valence-corrected chi connectivity index (χ3v) is 6.88. The largest absolute Gasteiger partial charge is 0.491 e. The van der Waals surface area contributed by atoms with Crippen molar-refractivity contribution in [2.24, 2.45) is 0 Å². The number of hydrogen-bond acceptors (Lipinski definition) is 6. The van der Waals surface area contributed by atoms with E-state index >= 15 is 0 Å². The maximum Gasteiger partial charge on any atom is 0.195 e. The predicted molar refractivity (Wildman–Crippen MR) is 133 cm³/mol. The van der Waals surface area contributed by atoms with E-state index in [1.807, 2.05) is 36.4 Å². The first kappa shape index (κ1) is 23.8. The van der Waals surface area contributed by atoms with Gasteiger partial charge in [-0.05, 0) is 55.1 Å². The summed E-state index contributed by atoms with van der Waals surface area (Å²) in [5.41, 5.74) is 2.16. The van der Waals surface area contributed by atoms with Crippen molar-refractivity contribution in [1.82, 2.24) is 19.7 Å². The zero-order chi connectivity index (χ0) is 23.3. The Hall–Kier alpha value is -2.35. The molecule has 2 heterocycles. The molecule has 176 valence electrons. The van der Waals surface area contributed by atoms with Gasteiger partial charge in [-0.2, -0.15) is 0 Å². The van der Waals surface area contributed by atoms with Crippen LogP contribution in [-0.2, 0) is 12.0 Å². The number of para-hydroxylation sites is 2. The summed E-state index contributed by atoms with van der Waals surface area (Å²) < 4.78 is 8.13. The minimum Gasteiger partial charge on any atom is -0.491 e. The molecule has 1 N–H and O–H groups in total. The molecule has 0 spiro atoms. The zero-order valence-corrected chi connectivity index (χ0v) is 20.6. The Morgan fingerprint density at radius 2 is 1.70 bits per heavy atom. The first-order valence-corrected chi connectivity index (χ1v) is 12.7. The van der Waals surface area contributed by atoms with Gasteiger partial charge in [0.1, 0.15) is 12.4 Å². The third-order valence-electron chi connectivity index (χ3n) is 5.81. The fourth-order valence-electron chi connectivity index (χ4n) is 4.09. The number of benzene rings is 2. The van der Waals surface area contributed by atoms with Crippen LogP contribution in [0.5, 0.6) is 5.75 Å². The number of thioether (sulfide) groups is 1. The summed E-state index contributed by atoms with van der Waals surface area (Å²) in [5, 5.41) is 20.4. The highest BCUT2D eigenvalue weighted by atomic mass is 32.2. The van der Waals surface area contributed by atoms with Crippen molar-refractivity contribution in [3.63, 3.8) is 0 Å². The minimum absolute atomic E-state index is 0.0197. The second-order valence-electron chi connectivity index (χ2n) is 9.58. The Morgan fingerprint density at radius 1 is 1.00 bits per heavy atom. The van der Waals surface area contributed by atoms with Crippen LogP contribution in [0.1, 0.15) is 45.0 Å². The second-order valence-corrected chi connectivity index (χ2v) is 10.6. The van der Waals surface area contributed by atoms with Gasteiger partial charge in [0.15, 0.2) is 11.0 Å². The van der Waals surface area contributed by atoms with E-state index in [0.29, 0.717) is 5.75 Å². The molecule has 1 saturated heterocycles. The Morgan fingerprint density at radius 3 is 2.42 bits per heavy atom. The second kappa shape index (κ2) is 10.7. The molecule has 0 saturated carbocycles. The molecule has 1 aliphatic heterocycles. The van der Waals surface area contributed by atoms with E-state index in [4.69, 9.17) is 4.74 Å². The third kappa shape index (κ3) is 6.16. The van der Waals surface area contributed by atoms with Crippen LogP contribution in [0, 0.1) is 0 Å². The summed E-state index contributed by atoms with van der Waals surface area (Å²) in [6, 6.07) is 18.3. The lowest BCUT2D eigenvalue weighted by atomic mass is 9.86. The lowest BCUT2D eigenvalue weighted by Gasteiger charge is -2.23. The summed E-state index contributed by atoms with van der Waals surface area (Å²) in [4.78, 5) is 2.42. The van der Waals surface area contributed by atoms with Crippen LogP contribution in [0.15, 0.2) is 59.8 Å². The van der Waals surface area contributed by atoms with Gasteiger partial charge in [0.2, 0.25) is 0 Å². The van der Waals surface area contributed by atoms with Gasteiger partial charge in [0.05, 0.1) is 12.6 Å². The Kier molecular flexibility index (Phi) is 7.73. The van der Waals surface area contributed by atoms with Crippen molar-refractivity contribution in [3.8, 4) is 11.4 Å². The Labute approximate surface area is 201 Å². The molecular formula is C26H34N4O2S. The van der Waals surface area contributed by atoms with Crippen LogP contribution in [0.2, 0.25) is 0 Å². The van der Waals surface area contributed by atoms with E-state index in [9.17, 15) is 5.11 Å². The number of hydrogen-bond donors (Lipinski definition) is 1. The lowest BCUT2D eigenvalue weighted by molar-refractivity contribution is 0.125. The SMILES string of the molecule is CC(C)(C)c1ccccc1OC[C@H](O)CSc1nnc(CN2CCCC2)n1-c1ccccc1. The van der Waals surface area contributed by atoms with Gasteiger partial charge in [0, 0.05) is 11.4 Å². The number of likely N-dealkylation sites (tertiary alicyclic amines) is 1. The lowest BCUT2D eigenvalue weighted by Crippen LogP contribution is -2.22. The predicted octanol–water partition coefficient (Wildman–Crippen LogP) is 4.69. The smallest absolute Gasteiger partial charge is 0.195 e. The van der Waals surface area contributed by atoms with Gasteiger partial charge in [-0.25, -0.2) is 0 Å². The summed E-state index contributed by atoms with van der Waals surface area (Å²) in [5.74, 6) is 2.25. The molecule has 0 bridgehead atoms. The fourth-order valence-corrected chi connectivity index (χ4v) is 4.97. The molecule has 1 atom stereocenters. The first-order chi connectivity index (χ1) is 15.9. The molecule has 3 aromatic rings. The Bertz CT molecular complexity index is 1030. The molecule has 2 aromatic carbocycles. The van der Waals surface area contributed by atoms with Crippen LogP contribution in [0.25, 0.3) is 5.69 Å². The van der Waals surface area contributed by atoms with E-state index in [1.54, 1.807) is 0 Å². The zero-order valence-electron chi connectivity index (χ0n) is 19.8. The number of aromatic nitrogens is 3. The molecule has 0 amide bonds. The standard InChI is InChI=1S/C26H34N4O2S/c1-26(2,3)22-13-7-8-14-23(22)32-18-21(31)19-33-25-28-27-24(17-29-15-9-10-16-29)30(25)20-11-5-4-6-12-20/h4-8,11-14,21,31H,9-10,15-19H2,1-3H3/t21-/m0/s1. The number of rotatable bonds is 9. The quantitative estimate of drug-likeness (QED) is 0.462. The highest BCUT2D eigenvalue weighted by Crippen LogP contribution is 2.31. The monoisotopic (exact) mass is 466 g/mol. The molecule has 4 rings (SSSR count). The average Bonchev–Trinajstić information content (AvgIpc) is 3.46. The highest BCUT2D eigenvalue weighted by Gasteiger charge is 2.21. The topological polar surface area (TPSA) is 63.4 Å². The molecule has 1 aromatic heterocycles. The van der Waals surface area contributed by atoms with Crippen LogP contribution < -0.4 is 4.74 Å². The number of aliphatic hydroxyl groups excluding tert-OH is 1. The van der Waals surface area contributed by atoms with Gasteiger partial charge < -0.3 is 9.84 Å². The fraction of sp³-hybridized carbons (Fsp3) is 0.462. The van der Waals surface area contributed by atoms with Gasteiger partial charge in [-0.1, -0.05) is 68.9 Å². The number of ether oxygens (including phenoxy) is 1. The summed E-state index contributed by atoms with van der Waals surface area (Å²) in [7, 11) is 0. The number of nitrogens with zero attached hydrogens (tertiary/aromatic N) is 4. The van der Waals surface area contributed by atoms with Gasteiger partial charge in [-0.15, -0.1) is 10.2 Å². The highest BCUT2D eigenvalue weighted by molar-refractivity contribution is 7.99. The summed E-state index contributed by atoms with van der Waals surface area (Å²) >= 11 is 1.51. The Balaban J connectivity index is 1.42. The van der Waals surface area contributed by atoms with Crippen LogP contribution >= 0.6 is 11.8 Å². The molecule has 6 nitrogen and oxygen atoms in total. The maximum absolute atomic E-state index is 10.7. The van der Waals surface area contributed by atoms with Gasteiger partial charge >= 0.3 is 0 Å². The minimum atomic E-state index is -0.619. The molecule has 0 unspecified atom stereocenters. The first-order valence-electron chi connectivity index (χ1n) is 11.7. The van der Waals surface area contributed by atoms with E-state index in [0.717, 1.165) is 47.6 Å². The summed E-state index contributed by atoms with van der Waals surface area (Å²) in [6.07, 6.45) is 1.86. The molecule has 33 heavy (non-hydrogen) atoms. The van der Waals surface area contributed by atoms with Crippen molar-refractivity contribution in [2.45, 2.75) is 56.8 Å². The number of aliphatic hydroxyl groups is 1. The molecular weight excluding hydrogens is 432 g/mol. The van der Waals surface area contributed by atoms with E-state index in [-0.39, 0.29) is 12.0 Å². The van der Waals surface area contributed by atoms with E-state index in [1.165, 1.54) is 24.6 Å². The molecule has 1 aliphatic rings. The van der Waals surface area contributed by atoms with Crippen LogP contribution in [0.4, 0.5) is 0 Å². The van der Waals surface area contributed by atoms with E-state index < -0.39 is 6.10 Å². The van der Waals surface area contributed by atoms with E-state index in [2.05, 4.69) is 58.6 Å². The van der Waals surface area contributed by atoms with Crippen molar-refractivity contribution in [3.05, 3.63) is 66.0 Å².